The van der Waals surface area contributed by atoms with E-state index in [-0.39, 0.29) is 24.8 Å². The maximum atomic E-state index is 4.54. The molecule has 3 rings (SSSR count). The number of fused-ring (bicyclic) bond motifs is 1. The maximum absolute atomic E-state index is 4.54. The van der Waals surface area contributed by atoms with Crippen LogP contribution in [0.2, 0.25) is 0 Å². The third-order valence-corrected chi connectivity index (χ3v) is 3.00. The van der Waals surface area contributed by atoms with Gasteiger partial charge in [-0.1, -0.05) is 0 Å². The highest BCUT2D eigenvalue weighted by Crippen LogP contribution is 2.23. The van der Waals surface area contributed by atoms with Gasteiger partial charge in [-0.25, -0.2) is 9.97 Å². The van der Waals surface area contributed by atoms with Gasteiger partial charge in [0.1, 0.15) is 5.82 Å². The lowest BCUT2D eigenvalue weighted by Gasteiger charge is -2.20. The molecule has 0 radical (unpaired) electrons. The van der Waals surface area contributed by atoms with Crippen LogP contribution in [0.15, 0.2) is 18.3 Å². The van der Waals surface area contributed by atoms with Gasteiger partial charge in [0, 0.05) is 12.1 Å². The molecule has 0 atom stereocenters. The van der Waals surface area contributed by atoms with Gasteiger partial charge in [0.05, 0.1) is 5.52 Å². The van der Waals surface area contributed by atoms with Crippen LogP contribution < -0.4 is 5.32 Å². The number of piperidine rings is 1. The van der Waals surface area contributed by atoms with Crippen molar-refractivity contribution in [2.45, 2.75) is 18.8 Å². The fourth-order valence-electron chi connectivity index (χ4n) is 2.15. The van der Waals surface area contributed by atoms with Crippen molar-refractivity contribution in [1.29, 1.82) is 0 Å². The molecule has 0 bridgehead atoms. The van der Waals surface area contributed by atoms with Crippen LogP contribution in [0.5, 0.6) is 0 Å². The Morgan fingerprint density at radius 2 is 1.94 bits per heavy atom. The van der Waals surface area contributed by atoms with E-state index in [1.54, 1.807) is 6.20 Å². The molecular weight excluding hydrogens is 259 g/mol. The first-order valence-electron chi connectivity index (χ1n) is 5.45. The number of halogens is 2. The topological polar surface area (TPSA) is 53.6 Å². The van der Waals surface area contributed by atoms with E-state index in [9.17, 15) is 0 Å². The molecule has 1 saturated heterocycles. The maximum Gasteiger partial charge on any atom is 0.177 e. The Balaban J connectivity index is 0.000000722. The molecule has 0 saturated carbocycles. The summed E-state index contributed by atoms with van der Waals surface area (Å²) in [5.74, 6) is 1.67. The van der Waals surface area contributed by atoms with Crippen LogP contribution in [-0.2, 0) is 0 Å². The predicted molar refractivity (Wildman–Crippen MR) is 73.2 cm³/mol. The minimum absolute atomic E-state index is 0. The summed E-state index contributed by atoms with van der Waals surface area (Å²) in [6, 6.07) is 3.96. The number of rotatable bonds is 1. The summed E-state index contributed by atoms with van der Waals surface area (Å²) in [7, 11) is 0. The van der Waals surface area contributed by atoms with Gasteiger partial charge >= 0.3 is 0 Å². The number of nitrogens with one attached hydrogen (secondary N) is 2. The number of aromatic nitrogens is 3. The number of H-pyrrole nitrogens is 1. The summed E-state index contributed by atoms with van der Waals surface area (Å²) < 4.78 is 0. The number of nitrogens with zero attached hydrogens (tertiary/aromatic N) is 2. The first-order chi connectivity index (χ1) is 7.43. The third-order valence-electron chi connectivity index (χ3n) is 3.00. The third kappa shape index (κ3) is 2.89. The normalized spacial score (nSPS) is 16.2. The average Bonchev–Trinajstić information content (AvgIpc) is 2.74. The summed E-state index contributed by atoms with van der Waals surface area (Å²) in [6.45, 7) is 2.18. The standard InChI is InChI=1S/C11H14N4.2ClH/c1-2-9-11(13-5-1)15-10(14-9)8-3-6-12-7-4-8;;/h1-2,5,8,12H,3-4,6-7H2,(H,13,14,15);2*1H. The minimum Gasteiger partial charge on any atom is -0.340 e. The van der Waals surface area contributed by atoms with Gasteiger partial charge in [-0.2, -0.15) is 0 Å². The molecule has 1 fully saturated rings. The number of hydrogen-bond donors (Lipinski definition) is 2. The molecule has 2 aromatic heterocycles. The Bertz CT molecular complexity index is 432. The fourth-order valence-corrected chi connectivity index (χ4v) is 2.15. The molecule has 1 aliphatic rings. The number of pyridine rings is 1. The largest absolute Gasteiger partial charge is 0.340 e. The zero-order valence-electron chi connectivity index (χ0n) is 9.35. The van der Waals surface area contributed by atoms with Gasteiger partial charge in [0.2, 0.25) is 0 Å². The number of hydrogen-bond acceptors (Lipinski definition) is 3. The van der Waals surface area contributed by atoms with Crippen molar-refractivity contribution in [2.24, 2.45) is 0 Å². The second-order valence-corrected chi connectivity index (χ2v) is 4.02. The lowest BCUT2D eigenvalue weighted by atomic mass is 9.98. The minimum atomic E-state index is 0. The van der Waals surface area contributed by atoms with Crippen LogP contribution in [-0.4, -0.2) is 28.0 Å². The molecule has 4 nitrogen and oxygen atoms in total. The molecule has 17 heavy (non-hydrogen) atoms. The molecule has 0 amide bonds. The molecule has 1 aliphatic heterocycles. The van der Waals surface area contributed by atoms with Gasteiger partial charge in [0.25, 0.3) is 0 Å². The molecule has 3 heterocycles. The van der Waals surface area contributed by atoms with Crippen LogP contribution >= 0.6 is 24.8 Å². The van der Waals surface area contributed by atoms with Gasteiger partial charge in [-0.15, -0.1) is 24.8 Å². The fraction of sp³-hybridized carbons (Fsp3) is 0.455. The molecule has 6 heteroatoms. The van der Waals surface area contributed by atoms with Crippen molar-refractivity contribution in [3.63, 3.8) is 0 Å². The van der Waals surface area contributed by atoms with Crippen molar-refractivity contribution in [3.05, 3.63) is 24.2 Å². The van der Waals surface area contributed by atoms with Crippen LogP contribution in [0, 0.1) is 0 Å². The van der Waals surface area contributed by atoms with E-state index in [1.807, 2.05) is 12.1 Å². The second-order valence-electron chi connectivity index (χ2n) is 4.02. The van der Waals surface area contributed by atoms with E-state index in [1.165, 1.54) is 12.8 Å². The van der Waals surface area contributed by atoms with Gasteiger partial charge < -0.3 is 10.3 Å². The number of imidazole rings is 1. The van der Waals surface area contributed by atoms with E-state index >= 15 is 0 Å². The zero-order valence-corrected chi connectivity index (χ0v) is 11.0. The van der Waals surface area contributed by atoms with Crippen LogP contribution in [0.4, 0.5) is 0 Å². The van der Waals surface area contributed by atoms with Crippen molar-refractivity contribution < 1.29 is 0 Å². The van der Waals surface area contributed by atoms with Gasteiger partial charge in [-0.3, -0.25) is 0 Å². The smallest absolute Gasteiger partial charge is 0.177 e. The highest BCUT2D eigenvalue weighted by molar-refractivity contribution is 5.85. The van der Waals surface area contributed by atoms with Crippen molar-refractivity contribution in [2.75, 3.05) is 13.1 Å². The molecule has 2 N–H and O–H groups in total. The summed E-state index contributed by atoms with van der Waals surface area (Å²) in [5.41, 5.74) is 1.89. The quantitative estimate of drug-likeness (QED) is 0.839. The summed E-state index contributed by atoms with van der Waals surface area (Å²) >= 11 is 0. The van der Waals surface area contributed by atoms with Crippen molar-refractivity contribution in [1.82, 2.24) is 20.3 Å². The van der Waals surface area contributed by atoms with E-state index in [4.69, 9.17) is 0 Å². The summed E-state index contributed by atoms with van der Waals surface area (Å²) in [5, 5.41) is 3.36. The summed E-state index contributed by atoms with van der Waals surface area (Å²) in [6.07, 6.45) is 4.12. The SMILES string of the molecule is Cl.Cl.c1cnc2nc(C3CCNCC3)[nH]c2c1. The highest BCUT2D eigenvalue weighted by Gasteiger charge is 2.18. The van der Waals surface area contributed by atoms with Gasteiger partial charge in [0.15, 0.2) is 5.65 Å². The molecule has 0 aromatic carbocycles. The molecule has 0 spiro atoms. The Labute approximate surface area is 112 Å². The Hall–Kier alpha value is -0.840. The lowest BCUT2D eigenvalue weighted by Crippen LogP contribution is -2.27. The first-order valence-corrected chi connectivity index (χ1v) is 5.45. The van der Waals surface area contributed by atoms with E-state index in [0.717, 1.165) is 30.1 Å². The summed E-state index contributed by atoms with van der Waals surface area (Å²) in [4.78, 5) is 12.1. The Morgan fingerprint density at radius 3 is 2.65 bits per heavy atom. The van der Waals surface area contributed by atoms with Crippen LogP contribution in [0.3, 0.4) is 0 Å². The Kier molecular flexibility index (Phi) is 5.18. The van der Waals surface area contributed by atoms with E-state index in [2.05, 4.69) is 20.3 Å². The predicted octanol–water partition coefficient (Wildman–Crippen LogP) is 2.27. The first kappa shape index (κ1) is 14.2. The van der Waals surface area contributed by atoms with Crippen molar-refractivity contribution in [3.8, 4) is 0 Å². The van der Waals surface area contributed by atoms with Crippen LogP contribution in [0.1, 0.15) is 24.6 Å². The molecule has 2 aromatic rings. The molecule has 0 unspecified atom stereocenters. The number of aromatic amines is 1. The monoisotopic (exact) mass is 274 g/mol. The zero-order chi connectivity index (χ0) is 10.1. The van der Waals surface area contributed by atoms with E-state index in [0.29, 0.717) is 5.92 Å². The molecular formula is C11H16Cl2N4. The molecule has 94 valence electrons. The second kappa shape index (κ2) is 6.19. The average molecular weight is 275 g/mol. The lowest BCUT2D eigenvalue weighted by molar-refractivity contribution is 0.448. The van der Waals surface area contributed by atoms with Gasteiger partial charge in [-0.05, 0) is 38.1 Å². The van der Waals surface area contributed by atoms with E-state index < -0.39 is 0 Å². The molecule has 0 aliphatic carbocycles. The van der Waals surface area contributed by atoms with Crippen molar-refractivity contribution >= 4 is 36.0 Å². The Morgan fingerprint density at radius 1 is 1.18 bits per heavy atom. The highest BCUT2D eigenvalue weighted by atomic mass is 35.5. The van der Waals surface area contributed by atoms with Crippen LogP contribution in [0.25, 0.3) is 11.2 Å².